The molecule has 0 N–H and O–H groups in total. The number of anilines is 1. The summed E-state index contributed by atoms with van der Waals surface area (Å²) in [5.41, 5.74) is 0.950. The monoisotopic (exact) mass is 251 g/mol. The number of amides is 1. The average molecular weight is 251 g/mol. The van der Waals surface area contributed by atoms with E-state index in [1.54, 1.807) is 16.2 Å². The largest absolute Gasteiger partial charge is 0.304 e. The molecule has 0 aliphatic carbocycles. The summed E-state index contributed by atoms with van der Waals surface area (Å²) in [6.07, 6.45) is 2.39. The quantitative estimate of drug-likeness (QED) is 0.828. The van der Waals surface area contributed by atoms with E-state index >= 15 is 0 Å². The van der Waals surface area contributed by atoms with Crippen LogP contribution in [0.1, 0.15) is 31.6 Å². The minimum atomic E-state index is -0.0202. The highest BCUT2D eigenvalue weighted by molar-refractivity contribution is 7.10. The van der Waals surface area contributed by atoms with Crippen LogP contribution in [0.25, 0.3) is 0 Å². The first-order chi connectivity index (χ1) is 8.09. The van der Waals surface area contributed by atoms with Crippen LogP contribution >= 0.6 is 11.3 Å². The van der Waals surface area contributed by atoms with Crippen LogP contribution in [-0.4, -0.2) is 18.2 Å². The van der Waals surface area contributed by atoms with Crippen molar-refractivity contribution >= 4 is 28.7 Å². The number of nitrogens with zero attached hydrogens (tertiary/aromatic N) is 1. The molecule has 1 aromatic rings. The maximum atomic E-state index is 12.0. The first kappa shape index (κ1) is 12.3. The molecule has 0 saturated carbocycles. The highest BCUT2D eigenvalue weighted by Gasteiger charge is 2.25. The molecule has 4 heteroatoms. The smallest absolute Gasteiger partial charge is 0.227 e. The van der Waals surface area contributed by atoms with Gasteiger partial charge in [-0.3, -0.25) is 9.59 Å². The van der Waals surface area contributed by atoms with Gasteiger partial charge in [0.25, 0.3) is 0 Å². The van der Waals surface area contributed by atoms with Crippen LogP contribution < -0.4 is 4.90 Å². The Morgan fingerprint density at radius 3 is 2.94 bits per heavy atom. The van der Waals surface area contributed by atoms with Crippen molar-refractivity contribution in [3.8, 4) is 0 Å². The molecule has 1 aliphatic rings. The summed E-state index contributed by atoms with van der Waals surface area (Å²) in [6, 6.07) is 1.96. The summed E-state index contributed by atoms with van der Waals surface area (Å²) in [4.78, 5) is 26.7. The summed E-state index contributed by atoms with van der Waals surface area (Å²) >= 11 is 1.67. The Labute approximate surface area is 105 Å². The average Bonchev–Trinajstić information content (AvgIpc) is 2.68. The standard InChI is InChI=1S/C13H17NO2S/c1-9(2)11(15)8-14-10-6-7-17-12(10)4-3-5-13(14)16/h6-7,9H,3-5,8H2,1-2H3. The molecule has 0 radical (unpaired) electrons. The minimum Gasteiger partial charge on any atom is -0.304 e. The van der Waals surface area contributed by atoms with Gasteiger partial charge in [-0.05, 0) is 24.3 Å². The summed E-state index contributed by atoms with van der Waals surface area (Å²) < 4.78 is 0. The molecule has 1 aromatic heterocycles. The summed E-state index contributed by atoms with van der Waals surface area (Å²) in [7, 11) is 0. The van der Waals surface area contributed by atoms with Crippen LogP contribution in [0.15, 0.2) is 11.4 Å². The van der Waals surface area contributed by atoms with E-state index in [1.165, 1.54) is 4.88 Å². The lowest BCUT2D eigenvalue weighted by molar-refractivity contribution is -0.124. The Hall–Kier alpha value is -1.16. The van der Waals surface area contributed by atoms with Gasteiger partial charge in [0.15, 0.2) is 5.78 Å². The third kappa shape index (κ3) is 2.57. The molecule has 92 valence electrons. The van der Waals surface area contributed by atoms with Crippen molar-refractivity contribution in [2.45, 2.75) is 33.1 Å². The Balaban J connectivity index is 2.25. The van der Waals surface area contributed by atoms with Gasteiger partial charge in [-0.25, -0.2) is 0 Å². The van der Waals surface area contributed by atoms with E-state index in [-0.39, 0.29) is 24.2 Å². The van der Waals surface area contributed by atoms with E-state index in [1.807, 2.05) is 25.3 Å². The zero-order chi connectivity index (χ0) is 12.4. The molecule has 3 nitrogen and oxygen atoms in total. The van der Waals surface area contributed by atoms with Gasteiger partial charge in [-0.2, -0.15) is 0 Å². The van der Waals surface area contributed by atoms with Crippen LogP contribution in [-0.2, 0) is 16.0 Å². The molecule has 0 aromatic carbocycles. The summed E-state index contributed by atoms with van der Waals surface area (Å²) in [6.45, 7) is 3.97. The van der Waals surface area contributed by atoms with Crippen molar-refractivity contribution in [3.05, 3.63) is 16.3 Å². The number of rotatable bonds is 3. The van der Waals surface area contributed by atoms with E-state index in [4.69, 9.17) is 0 Å². The molecule has 1 amide bonds. The minimum absolute atomic E-state index is 0.0202. The van der Waals surface area contributed by atoms with Gasteiger partial charge in [0.05, 0.1) is 12.2 Å². The number of fused-ring (bicyclic) bond motifs is 1. The van der Waals surface area contributed by atoms with Gasteiger partial charge in [0.2, 0.25) is 5.91 Å². The zero-order valence-electron chi connectivity index (χ0n) is 10.2. The van der Waals surface area contributed by atoms with Gasteiger partial charge in [0.1, 0.15) is 0 Å². The zero-order valence-corrected chi connectivity index (χ0v) is 11.0. The lowest BCUT2D eigenvalue weighted by Crippen LogP contribution is -2.36. The van der Waals surface area contributed by atoms with Crippen molar-refractivity contribution in [2.24, 2.45) is 5.92 Å². The molecule has 2 heterocycles. The molecule has 0 saturated heterocycles. The number of carbonyl (C=O) groups is 2. The Bertz CT molecular complexity index is 436. The maximum Gasteiger partial charge on any atom is 0.227 e. The second-order valence-electron chi connectivity index (χ2n) is 4.68. The number of carbonyl (C=O) groups excluding carboxylic acids is 2. The molecule has 17 heavy (non-hydrogen) atoms. The molecule has 1 aliphatic heterocycles. The fourth-order valence-electron chi connectivity index (χ4n) is 1.94. The Morgan fingerprint density at radius 2 is 2.24 bits per heavy atom. The lowest BCUT2D eigenvalue weighted by Gasteiger charge is -2.21. The fraction of sp³-hybridized carbons (Fsp3) is 0.538. The Kier molecular flexibility index (Phi) is 3.62. The molecule has 0 unspecified atom stereocenters. The van der Waals surface area contributed by atoms with Crippen molar-refractivity contribution in [3.63, 3.8) is 0 Å². The maximum absolute atomic E-state index is 12.0. The highest BCUT2D eigenvalue weighted by atomic mass is 32.1. The van der Waals surface area contributed by atoms with E-state index < -0.39 is 0 Å². The molecule has 2 rings (SSSR count). The van der Waals surface area contributed by atoms with E-state index in [0.717, 1.165) is 18.5 Å². The van der Waals surface area contributed by atoms with E-state index in [2.05, 4.69) is 0 Å². The molecule has 0 spiro atoms. The first-order valence-corrected chi connectivity index (χ1v) is 6.87. The molecule has 0 fully saturated rings. The Morgan fingerprint density at radius 1 is 1.47 bits per heavy atom. The third-order valence-electron chi connectivity index (χ3n) is 3.07. The number of thiophene rings is 1. The van der Waals surface area contributed by atoms with Gasteiger partial charge in [0, 0.05) is 17.2 Å². The molecular formula is C13H17NO2S. The van der Waals surface area contributed by atoms with Gasteiger partial charge in [-0.1, -0.05) is 13.8 Å². The summed E-state index contributed by atoms with van der Waals surface area (Å²) in [5, 5.41) is 2.00. The summed E-state index contributed by atoms with van der Waals surface area (Å²) in [5.74, 6) is 0.182. The number of aryl methyl sites for hydroxylation is 1. The number of Topliss-reactive ketones (excluding diaryl/α,β-unsaturated/α-hetero) is 1. The van der Waals surface area contributed by atoms with Gasteiger partial charge >= 0.3 is 0 Å². The fourth-order valence-corrected chi connectivity index (χ4v) is 2.87. The number of hydrogen-bond acceptors (Lipinski definition) is 3. The van der Waals surface area contributed by atoms with Crippen LogP contribution in [0.3, 0.4) is 0 Å². The second-order valence-corrected chi connectivity index (χ2v) is 5.68. The van der Waals surface area contributed by atoms with Crippen molar-refractivity contribution in [1.82, 2.24) is 0 Å². The van der Waals surface area contributed by atoms with Crippen molar-refractivity contribution < 1.29 is 9.59 Å². The third-order valence-corrected chi connectivity index (χ3v) is 4.04. The van der Waals surface area contributed by atoms with Crippen LogP contribution in [0.5, 0.6) is 0 Å². The predicted octanol–water partition coefficient (Wildman–Crippen LogP) is 2.64. The highest BCUT2D eigenvalue weighted by Crippen LogP contribution is 2.31. The second kappa shape index (κ2) is 5.00. The van der Waals surface area contributed by atoms with Gasteiger partial charge in [-0.15, -0.1) is 11.3 Å². The number of hydrogen-bond donors (Lipinski definition) is 0. The van der Waals surface area contributed by atoms with Crippen molar-refractivity contribution in [2.75, 3.05) is 11.4 Å². The topological polar surface area (TPSA) is 37.4 Å². The molecule has 0 bridgehead atoms. The lowest BCUT2D eigenvalue weighted by atomic mass is 10.1. The van der Waals surface area contributed by atoms with Crippen molar-refractivity contribution in [1.29, 1.82) is 0 Å². The first-order valence-electron chi connectivity index (χ1n) is 5.99. The van der Waals surface area contributed by atoms with E-state index in [0.29, 0.717) is 6.42 Å². The number of ketones is 1. The van der Waals surface area contributed by atoms with Crippen LogP contribution in [0.4, 0.5) is 5.69 Å². The molecular weight excluding hydrogens is 234 g/mol. The van der Waals surface area contributed by atoms with Crippen LogP contribution in [0.2, 0.25) is 0 Å². The molecule has 0 atom stereocenters. The normalized spacial score (nSPS) is 15.9. The van der Waals surface area contributed by atoms with Gasteiger partial charge < -0.3 is 4.90 Å². The van der Waals surface area contributed by atoms with E-state index in [9.17, 15) is 9.59 Å². The predicted molar refractivity (Wildman–Crippen MR) is 69.5 cm³/mol. The SMILES string of the molecule is CC(C)C(=O)CN1C(=O)CCCc2sccc21. The van der Waals surface area contributed by atoms with Crippen LogP contribution in [0, 0.1) is 5.92 Å².